The Hall–Kier alpha value is 0.600. The first-order valence-electron chi connectivity index (χ1n) is 1.72. The zero-order valence-electron chi connectivity index (χ0n) is 3.15. The van der Waals surface area contributed by atoms with Crippen LogP contribution in [0, 0.1) is 5.75 Å². The Morgan fingerprint density at radius 3 is 3.00 bits per heavy atom. The zero-order chi connectivity index (χ0) is 4.41. The first-order valence-corrected chi connectivity index (χ1v) is 3.20. The smallest absolute Gasteiger partial charge is 0.0964 e. The van der Waals surface area contributed by atoms with Crippen molar-refractivity contribution in [3.05, 3.63) is 5.75 Å². The average Bonchev–Trinajstić information content (AvgIpc) is 1.86. The largest absolute Gasteiger partial charge is 0.291 e. The molecule has 0 spiro atoms. The molecule has 1 nitrogen and oxygen atoms in total. The van der Waals surface area contributed by atoms with Crippen LogP contribution >= 0.6 is 23.4 Å². The second-order valence-electron chi connectivity index (χ2n) is 1.05. The molecule has 0 aliphatic carbocycles. The van der Waals surface area contributed by atoms with E-state index in [2.05, 4.69) is 5.32 Å². The summed E-state index contributed by atoms with van der Waals surface area (Å²) in [5.74, 6) is 2.94. The van der Waals surface area contributed by atoms with Crippen molar-refractivity contribution >= 4 is 23.4 Å². The minimum absolute atomic E-state index is 0.106. The average molecular weight is 123 g/mol. The lowest BCUT2D eigenvalue weighted by atomic mass is 10.8. The molecule has 1 saturated heterocycles. The Bertz CT molecular complexity index is 44.1. The van der Waals surface area contributed by atoms with Crippen LogP contribution < -0.4 is 5.32 Å². The highest BCUT2D eigenvalue weighted by molar-refractivity contribution is 8.01. The molecule has 1 aliphatic heterocycles. The Kier molecular flexibility index (Phi) is 1.62. The first kappa shape index (κ1) is 4.75. The minimum atomic E-state index is 0.106. The molecule has 0 aromatic heterocycles. The van der Waals surface area contributed by atoms with E-state index in [4.69, 9.17) is 11.6 Å². The van der Waals surface area contributed by atoms with Crippen molar-refractivity contribution in [3.63, 3.8) is 0 Å². The summed E-state index contributed by atoms with van der Waals surface area (Å²) in [6.45, 7) is 0. The Labute approximate surface area is 46.4 Å². The zero-order valence-corrected chi connectivity index (χ0v) is 4.72. The van der Waals surface area contributed by atoms with Crippen molar-refractivity contribution in [2.45, 2.75) is 5.50 Å². The summed E-state index contributed by atoms with van der Waals surface area (Å²) in [4.78, 5) is 0. The van der Waals surface area contributed by atoms with E-state index in [9.17, 15) is 0 Å². The predicted octanol–water partition coefficient (Wildman–Crippen LogP) is 1.01. The van der Waals surface area contributed by atoms with Gasteiger partial charge in [-0.15, -0.1) is 23.4 Å². The number of thioether (sulfide) groups is 1. The highest BCUT2D eigenvalue weighted by atomic mass is 35.5. The normalized spacial score (nSPS) is 34.5. The van der Waals surface area contributed by atoms with Crippen LogP contribution in [0.1, 0.15) is 0 Å². The summed E-state index contributed by atoms with van der Waals surface area (Å²) >= 11 is 7.24. The SMILES string of the molecule is ClC1[CH]SCN1. The van der Waals surface area contributed by atoms with Gasteiger partial charge in [0.05, 0.1) is 11.3 Å². The molecular weight excluding hydrogens is 118 g/mol. The van der Waals surface area contributed by atoms with Crippen LogP contribution in [0.3, 0.4) is 0 Å². The van der Waals surface area contributed by atoms with E-state index in [1.165, 1.54) is 0 Å². The molecule has 1 N–H and O–H groups in total. The van der Waals surface area contributed by atoms with Gasteiger partial charge in [0.1, 0.15) is 0 Å². The number of hydrogen-bond donors (Lipinski definition) is 1. The van der Waals surface area contributed by atoms with Crippen molar-refractivity contribution < 1.29 is 0 Å². The van der Waals surface area contributed by atoms with Crippen molar-refractivity contribution in [2.75, 3.05) is 5.88 Å². The summed E-state index contributed by atoms with van der Waals surface area (Å²) in [7, 11) is 0. The fourth-order valence-corrected chi connectivity index (χ4v) is 1.33. The number of alkyl halides is 1. The number of halogens is 1. The number of hydrogen-bond acceptors (Lipinski definition) is 2. The van der Waals surface area contributed by atoms with Crippen LogP contribution in [0.15, 0.2) is 0 Å². The summed E-state index contributed by atoms with van der Waals surface area (Å²) < 4.78 is 0. The van der Waals surface area contributed by atoms with Gasteiger partial charge < -0.3 is 0 Å². The molecule has 0 aromatic rings. The highest BCUT2D eigenvalue weighted by Crippen LogP contribution is 2.16. The van der Waals surface area contributed by atoms with Gasteiger partial charge in [-0.3, -0.25) is 5.32 Å². The molecule has 1 fully saturated rings. The summed E-state index contributed by atoms with van der Waals surface area (Å²) in [5.41, 5.74) is 0.106. The summed E-state index contributed by atoms with van der Waals surface area (Å²) in [6.07, 6.45) is 0. The maximum absolute atomic E-state index is 5.52. The monoisotopic (exact) mass is 122 g/mol. The van der Waals surface area contributed by atoms with Crippen LogP contribution in [0.5, 0.6) is 0 Å². The van der Waals surface area contributed by atoms with E-state index in [0.717, 1.165) is 5.88 Å². The maximum Gasteiger partial charge on any atom is 0.0964 e. The van der Waals surface area contributed by atoms with Crippen molar-refractivity contribution in [2.24, 2.45) is 0 Å². The Morgan fingerprint density at radius 2 is 2.83 bits per heavy atom. The van der Waals surface area contributed by atoms with Gasteiger partial charge >= 0.3 is 0 Å². The molecular formula is C3H5ClNS. The standard InChI is InChI=1S/C3H5ClNS/c4-3-1-6-2-5-3/h1,3,5H,2H2. The molecule has 1 rings (SSSR count). The van der Waals surface area contributed by atoms with E-state index in [1.54, 1.807) is 11.8 Å². The van der Waals surface area contributed by atoms with Gasteiger partial charge in [0.15, 0.2) is 0 Å². The predicted molar refractivity (Wildman–Crippen MR) is 29.5 cm³/mol. The van der Waals surface area contributed by atoms with E-state index >= 15 is 0 Å². The van der Waals surface area contributed by atoms with Crippen LogP contribution in [0.25, 0.3) is 0 Å². The molecule has 0 bridgehead atoms. The summed E-state index contributed by atoms with van der Waals surface area (Å²) in [6, 6.07) is 0. The molecule has 0 amide bonds. The topological polar surface area (TPSA) is 12.0 Å². The molecule has 35 valence electrons. The second-order valence-corrected chi connectivity index (χ2v) is 2.42. The van der Waals surface area contributed by atoms with Crippen molar-refractivity contribution in [1.29, 1.82) is 0 Å². The van der Waals surface area contributed by atoms with Gasteiger partial charge in [-0.05, 0) is 0 Å². The minimum Gasteiger partial charge on any atom is -0.291 e. The van der Waals surface area contributed by atoms with Gasteiger partial charge in [-0.25, -0.2) is 0 Å². The molecule has 1 radical (unpaired) electrons. The third-order valence-corrected chi connectivity index (χ3v) is 1.81. The molecule has 0 saturated carbocycles. The number of nitrogens with one attached hydrogen (secondary N) is 1. The molecule has 1 unspecified atom stereocenters. The van der Waals surface area contributed by atoms with Gasteiger partial charge in [0, 0.05) is 5.88 Å². The van der Waals surface area contributed by atoms with Crippen LogP contribution in [0.2, 0.25) is 0 Å². The van der Waals surface area contributed by atoms with E-state index in [-0.39, 0.29) is 5.50 Å². The van der Waals surface area contributed by atoms with Gasteiger partial charge in [0.25, 0.3) is 0 Å². The van der Waals surface area contributed by atoms with Crippen LogP contribution in [-0.4, -0.2) is 11.4 Å². The second kappa shape index (κ2) is 2.05. The lowest BCUT2D eigenvalue weighted by molar-refractivity contribution is 0.850. The van der Waals surface area contributed by atoms with E-state index in [1.807, 2.05) is 5.75 Å². The highest BCUT2D eigenvalue weighted by Gasteiger charge is 2.09. The molecule has 0 aromatic carbocycles. The van der Waals surface area contributed by atoms with Gasteiger partial charge in [-0.2, -0.15) is 0 Å². The molecule has 6 heavy (non-hydrogen) atoms. The van der Waals surface area contributed by atoms with Gasteiger partial charge in [0.2, 0.25) is 0 Å². The lowest BCUT2D eigenvalue weighted by Crippen LogP contribution is -2.13. The van der Waals surface area contributed by atoms with E-state index < -0.39 is 0 Å². The van der Waals surface area contributed by atoms with Crippen molar-refractivity contribution in [3.8, 4) is 0 Å². The first-order chi connectivity index (χ1) is 2.89. The van der Waals surface area contributed by atoms with Crippen LogP contribution in [0.4, 0.5) is 0 Å². The third-order valence-electron chi connectivity index (χ3n) is 0.577. The maximum atomic E-state index is 5.52. The summed E-state index contributed by atoms with van der Waals surface area (Å²) in [5, 5.41) is 2.99. The quantitative estimate of drug-likeness (QED) is 0.380. The molecule has 1 heterocycles. The number of rotatable bonds is 0. The van der Waals surface area contributed by atoms with Crippen molar-refractivity contribution in [1.82, 2.24) is 5.32 Å². The fraction of sp³-hybridized carbons (Fsp3) is 0.667. The fourth-order valence-electron chi connectivity index (χ4n) is 0.308. The van der Waals surface area contributed by atoms with Gasteiger partial charge in [-0.1, -0.05) is 0 Å². The third kappa shape index (κ3) is 1.03. The van der Waals surface area contributed by atoms with E-state index in [0.29, 0.717) is 0 Å². The molecule has 1 atom stereocenters. The Balaban J connectivity index is 2.18. The lowest BCUT2D eigenvalue weighted by Gasteiger charge is -1.90. The molecule has 3 heteroatoms. The van der Waals surface area contributed by atoms with Crippen LogP contribution in [-0.2, 0) is 0 Å². The molecule has 1 aliphatic rings. The Morgan fingerprint density at radius 1 is 2.00 bits per heavy atom.